The van der Waals surface area contributed by atoms with Gasteiger partial charge in [-0.25, -0.2) is 4.98 Å². The van der Waals surface area contributed by atoms with E-state index in [0.29, 0.717) is 6.54 Å². The molecule has 1 aliphatic rings. The SMILES string of the molecule is Cc1cccc2sc(N(CCN(C)C)C(=O)c3ccc4c(c3)CCCC4)nc12.Cl. The van der Waals surface area contributed by atoms with Gasteiger partial charge in [0.05, 0.1) is 10.2 Å². The summed E-state index contributed by atoms with van der Waals surface area (Å²) in [6.45, 7) is 3.49. The number of amides is 1. The van der Waals surface area contributed by atoms with Crippen LogP contribution in [0.4, 0.5) is 5.13 Å². The standard InChI is InChI=1S/C23H27N3OS.ClH/c1-16-7-6-10-20-21(16)24-23(28-20)26(14-13-25(2)3)22(27)19-12-11-17-8-4-5-9-18(17)15-19;/h6-7,10-12,15H,4-5,8-9,13-14H2,1-3H3;1H. The van der Waals surface area contributed by atoms with Gasteiger partial charge in [0.1, 0.15) is 0 Å². The van der Waals surface area contributed by atoms with Gasteiger partial charge in [0.25, 0.3) is 5.91 Å². The first kappa shape index (κ1) is 21.8. The highest BCUT2D eigenvalue weighted by Gasteiger charge is 2.23. The lowest BCUT2D eigenvalue weighted by Crippen LogP contribution is -2.36. The molecule has 0 aliphatic heterocycles. The number of likely N-dealkylation sites (N-methyl/N-ethyl adjacent to an activating group) is 1. The molecule has 4 rings (SSSR count). The summed E-state index contributed by atoms with van der Waals surface area (Å²) in [6, 6.07) is 12.5. The number of fused-ring (bicyclic) bond motifs is 2. The van der Waals surface area contributed by atoms with Gasteiger partial charge in [0, 0.05) is 18.7 Å². The maximum Gasteiger partial charge on any atom is 0.260 e. The fourth-order valence-corrected chi connectivity index (χ4v) is 4.86. The van der Waals surface area contributed by atoms with Crippen LogP contribution in [-0.2, 0) is 12.8 Å². The summed E-state index contributed by atoms with van der Waals surface area (Å²) in [6.07, 6.45) is 4.67. The molecule has 0 radical (unpaired) electrons. The zero-order chi connectivity index (χ0) is 19.7. The molecular formula is C23H28ClN3OS. The van der Waals surface area contributed by atoms with Gasteiger partial charge in [-0.1, -0.05) is 29.5 Å². The van der Waals surface area contributed by atoms with Crippen molar-refractivity contribution in [3.63, 3.8) is 0 Å². The van der Waals surface area contributed by atoms with E-state index in [4.69, 9.17) is 4.98 Å². The van der Waals surface area contributed by atoms with Gasteiger partial charge in [-0.15, -0.1) is 12.4 Å². The van der Waals surface area contributed by atoms with Crippen molar-refractivity contribution in [3.05, 3.63) is 58.7 Å². The third kappa shape index (κ3) is 4.63. The number of hydrogen-bond donors (Lipinski definition) is 0. The molecule has 0 atom stereocenters. The van der Waals surface area contributed by atoms with Crippen LogP contribution in [0.2, 0.25) is 0 Å². The molecule has 6 heteroatoms. The molecule has 1 heterocycles. The van der Waals surface area contributed by atoms with Crippen LogP contribution in [-0.4, -0.2) is 43.0 Å². The molecule has 1 amide bonds. The Morgan fingerprint density at radius 2 is 1.83 bits per heavy atom. The molecule has 0 unspecified atom stereocenters. The van der Waals surface area contributed by atoms with Gasteiger partial charge in [-0.05, 0) is 81.6 Å². The Labute approximate surface area is 183 Å². The molecule has 0 saturated carbocycles. The Bertz CT molecular complexity index is 1010. The lowest BCUT2D eigenvalue weighted by molar-refractivity contribution is 0.0985. The zero-order valence-corrected chi connectivity index (χ0v) is 18.9. The number of para-hydroxylation sites is 1. The van der Waals surface area contributed by atoms with Crippen molar-refractivity contribution < 1.29 is 4.79 Å². The maximum atomic E-state index is 13.5. The largest absolute Gasteiger partial charge is 0.308 e. The van der Waals surface area contributed by atoms with Crippen molar-refractivity contribution in [1.82, 2.24) is 9.88 Å². The number of anilines is 1. The number of thiazole rings is 1. The van der Waals surface area contributed by atoms with Crippen molar-refractivity contribution in [2.75, 3.05) is 32.1 Å². The van der Waals surface area contributed by atoms with Gasteiger partial charge in [-0.3, -0.25) is 9.69 Å². The number of hydrogen-bond acceptors (Lipinski definition) is 4. The van der Waals surface area contributed by atoms with Crippen LogP contribution in [0.3, 0.4) is 0 Å². The molecule has 3 aromatic rings. The zero-order valence-electron chi connectivity index (χ0n) is 17.3. The topological polar surface area (TPSA) is 36.4 Å². The molecule has 1 aromatic heterocycles. The minimum atomic E-state index is 0. The molecule has 0 saturated heterocycles. The second-order valence-corrected chi connectivity index (χ2v) is 8.88. The molecule has 0 bridgehead atoms. The second kappa shape index (κ2) is 9.24. The molecule has 29 heavy (non-hydrogen) atoms. The lowest BCUT2D eigenvalue weighted by atomic mass is 9.90. The number of aryl methyl sites for hydroxylation is 3. The Hall–Kier alpha value is -1.95. The molecule has 2 aromatic carbocycles. The molecule has 0 N–H and O–H groups in total. The highest BCUT2D eigenvalue weighted by Crippen LogP contribution is 2.32. The second-order valence-electron chi connectivity index (χ2n) is 7.87. The van der Waals surface area contributed by atoms with Crippen molar-refractivity contribution in [3.8, 4) is 0 Å². The highest BCUT2D eigenvalue weighted by molar-refractivity contribution is 7.22. The van der Waals surface area contributed by atoms with Crippen LogP contribution in [0, 0.1) is 6.92 Å². The number of nitrogens with zero attached hydrogens (tertiary/aromatic N) is 3. The van der Waals surface area contributed by atoms with Gasteiger partial charge in [0.15, 0.2) is 5.13 Å². The number of aromatic nitrogens is 1. The lowest BCUT2D eigenvalue weighted by Gasteiger charge is -2.23. The van der Waals surface area contributed by atoms with Crippen molar-refractivity contribution in [2.24, 2.45) is 0 Å². The van der Waals surface area contributed by atoms with Crippen molar-refractivity contribution in [2.45, 2.75) is 32.6 Å². The van der Waals surface area contributed by atoms with E-state index in [1.165, 1.54) is 24.0 Å². The fourth-order valence-electron chi connectivity index (χ4n) is 3.80. The summed E-state index contributed by atoms with van der Waals surface area (Å²) in [5, 5.41) is 0.786. The Kier molecular flexibility index (Phi) is 6.93. The third-order valence-electron chi connectivity index (χ3n) is 5.45. The van der Waals surface area contributed by atoms with E-state index in [2.05, 4.69) is 42.2 Å². The smallest absolute Gasteiger partial charge is 0.260 e. The van der Waals surface area contributed by atoms with Crippen LogP contribution < -0.4 is 4.90 Å². The van der Waals surface area contributed by atoms with E-state index < -0.39 is 0 Å². The maximum absolute atomic E-state index is 13.5. The average molecular weight is 430 g/mol. The Balaban J connectivity index is 0.00000240. The summed E-state index contributed by atoms with van der Waals surface area (Å²) in [5.41, 5.74) is 5.66. The molecule has 1 aliphatic carbocycles. The molecule has 4 nitrogen and oxygen atoms in total. The minimum absolute atomic E-state index is 0. The van der Waals surface area contributed by atoms with Gasteiger partial charge < -0.3 is 4.90 Å². The summed E-state index contributed by atoms with van der Waals surface area (Å²) in [5.74, 6) is 0.0481. The molecule has 0 spiro atoms. The Morgan fingerprint density at radius 3 is 2.55 bits per heavy atom. The predicted octanol–water partition coefficient (Wildman–Crippen LogP) is 5.11. The quantitative estimate of drug-likeness (QED) is 0.565. The van der Waals surface area contributed by atoms with Crippen LogP contribution in [0.15, 0.2) is 36.4 Å². The fraction of sp³-hybridized carbons (Fsp3) is 0.391. The summed E-state index contributed by atoms with van der Waals surface area (Å²) in [7, 11) is 4.06. The van der Waals surface area contributed by atoms with Gasteiger partial charge >= 0.3 is 0 Å². The minimum Gasteiger partial charge on any atom is -0.308 e. The Morgan fingerprint density at radius 1 is 1.07 bits per heavy atom. The van der Waals surface area contributed by atoms with E-state index in [1.807, 2.05) is 25.1 Å². The van der Waals surface area contributed by atoms with E-state index in [1.54, 1.807) is 11.3 Å². The van der Waals surface area contributed by atoms with Gasteiger partial charge in [-0.2, -0.15) is 0 Å². The number of rotatable bonds is 5. The van der Waals surface area contributed by atoms with Crippen LogP contribution in [0.25, 0.3) is 10.2 Å². The first-order valence-electron chi connectivity index (χ1n) is 9.97. The number of carbonyl (C=O) groups excluding carboxylic acids is 1. The highest BCUT2D eigenvalue weighted by atomic mass is 35.5. The van der Waals surface area contributed by atoms with Gasteiger partial charge in [0.2, 0.25) is 0 Å². The summed E-state index contributed by atoms with van der Waals surface area (Å²) in [4.78, 5) is 22.3. The predicted molar refractivity (Wildman–Crippen MR) is 125 cm³/mol. The van der Waals surface area contributed by atoms with Crippen molar-refractivity contribution in [1.29, 1.82) is 0 Å². The van der Waals surface area contributed by atoms with E-state index in [0.717, 1.165) is 45.9 Å². The van der Waals surface area contributed by atoms with E-state index in [-0.39, 0.29) is 18.3 Å². The summed E-state index contributed by atoms with van der Waals surface area (Å²) >= 11 is 1.60. The summed E-state index contributed by atoms with van der Waals surface area (Å²) < 4.78 is 1.13. The molecule has 154 valence electrons. The number of benzene rings is 2. The van der Waals surface area contributed by atoms with E-state index >= 15 is 0 Å². The molecular weight excluding hydrogens is 402 g/mol. The van der Waals surface area contributed by atoms with Crippen LogP contribution >= 0.6 is 23.7 Å². The van der Waals surface area contributed by atoms with Crippen LogP contribution in [0.1, 0.15) is 39.9 Å². The molecule has 0 fully saturated rings. The first-order valence-corrected chi connectivity index (χ1v) is 10.8. The third-order valence-corrected chi connectivity index (χ3v) is 6.50. The number of carbonyl (C=O) groups is 1. The monoisotopic (exact) mass is 429 g/mol. The number of halogens is 1. The first-order chi connectivity index (χ1) is 13.5. The van der Waals surface area contributed by atoms with Crippen LogP contribution in [0.5, 0.6) is 0 Å². The van der Waals surface area contributed by atoms with E-state index in [9.17, 15) is 4.79 Å². The normalized spacial score (nSPS) is 13.2. The average Bonchev–Trinajstić information content (AvgIpc) is 3.12. The van der Waals surface area contributed by atoms with Crippen molar-refractivity contribution >= 4 is 45.0 Å².